The number of benzene rings is 1. The largest absolute Gasteiger partial charge is 0.328 e. The van der Waals surface area contributed by atoms with Crippen molar-refractivity contribution in [3.8, 4) is 6.07 Å². The van der Waals surface area contributed by atoms with Crippen molar-refractivity contribution in [1.82, 2.24) is 4.98 Å². The molecule has 0 aliphatic heterocycles. The topological polar surface area (TPSA) is 83.1 Å². The molecule has 0 aliphatic carbocycles. The van der Waals surface area contributed by atoms with E-state index in [-0.39, 0.29) is 5.69 Å². The highest BCUT2D eigenvalue weighted by Crippen LogP contribution is 2.27. The van der Waals surface area contributed by atoms with Gasteiger partial charge in [-0.25, -0.2) is 4.98 Å². The summed E-state index contributed by atoms with van der Waals surface area (Å²) in [5.74, 6) is 0.552. The third-order valence-electron chi connectivity index (χ3n) is 2.97. The Balaban J connectivity index is 2.44. The summed E-state index contributed by atoms with van der Waals surface area (Å²) in [6.45, 7) is 1.59. The molecule has 1 aromatic heterocycles. The van der Waals surface area contributed by atoms with Crippen LogP contribution in [0.2, 0.25) is 0 Å². The minimum atomic E-state index is -0.463. The Bertz CT molecular complexity index is 707. The smallest absolute Gasteiger partial charge is 0.290 e. The molecule has 6 heteroatoms. The molecule has 1 heterocycles. The Morgan fingerprint density at radius 2 is 2.00 bits per heavy atom. The van der Waals surface area contributed by atoms with Gasteiger partial charge in [-0.1, -0.05) is 12.1 Å². The molecule has 20 heavy (non-hydrogen) atoms. The Hall–Kier alpha value is -2.94. The Morgan fingerprint density at radius 3 is 2.60 bits per heavy atom. The Labute approximate surface area is 116 Å². The molecule has 0 unspecified atom stereocenters. The summed E-state index contributed by atoms with van der Waals surface area (Å²) in [6, 6.07) is 12.2. The highest BCUT2D eigenvalue weighted by molar-refractivity contribution is 5.67. The molecule has 0 N–H and O–H groups in total. The fraction of sp³-hybridized carbons (Fsp3) is 0.143. The number of hydrogen-bond acceptors (Lipinski definition) is 5. The fourth-order valence-corrected chi connectivity index (χ4v) is 1.90. The highest BCUT2D eigenvalue weighted by Gasteiger charge is 2.15. The van der Waals surface area contributed by atoms with Crippen LogP contribution in [0.5, 0.6) is 0 Å². The molecule has 100 valence electrons. The van der Waals surface area contributed by atoms with E-state index >= 15 is 0 Å². The Kier molecular flexibility index (Phi) is 3.62. The van der Waals surface area contributed by atoms with Gasteiger partial charge in [0.1, 0.15) is 17.6 Å². The first-order valence-corrected chi connectivity index (χ1v) is 5.89. The first-order valence-electron chi connectivity index (χ1n) is 5.89. The molecule has 0 saturated heterocycles. The van der Waals surface area contributed by atoms with Gasteiger partial charge < -0.3 is 4.90 Å². The summed E-state index contributed by atoms with van der Waals surface area (Å²) < 4.78 is 0. The third kappa shape index (κ3) is 2.42. The zero-order valence-corrected chi connectivity index (χ0v) is 11.1. The lowest BCUT2D eigenvalue weighted by molar-refractivity contribution is -0.385. The van der Waals surface area contributed by atoms with E-state index in [1.165, 1.54) is 6.07 Å². The molecule has 0 aliphatic rings. The van der Waals surface area contributed by atoms with E-state index in [1.54, 1.807) is 43.1 Å². The fourth-order valence-electron chi connectivity index (χ4n) is 1.90. The van der Waals surface area contributed by atoms with Crippen LogP contribution in [0, 0.1) is 28.4 Å². The number of nitrogens with zero attached hydrogens (tertiary/aromatic N) is 4. The van der Waals surface area contributed by atoms with E-state index in [2.05, 4.69) is 11.1 Å². The van der Waals surface area contributed by atoms with Gasteiger partial charge >= 0.3 is 0 Å². The van der Waals surface area contributed by atoms with Crippen LogP contribution >= 0.6 is 0 Å². The minimum absolute atomic E-state index is 0.0179. The van der Waals surface area contributed by atoms with Crippen molar-refractivity contribution in [3.05, 3.63) is 57.8 Å². The van der Waals surface area contributed by atoms with E-state index in [0.29, 0.717) is 22.8 Å². The summed E-state index contributed by atoms with van der Waals surface area (Å²) in [7, 11) is 1.77. The lowest BCUT2D eigenvalue weighted by Gasteiger charge is -2.19. The van der Waals surface area contributed by atoms with Crippen LogP contribution in [0.1, 0.15) is 11.3 Å². The maximum absolute atomic E-state index is 10.8. The number of nitriles is 1. The predicted molar refractivity (Wildman–Crippen MR) is 74.8 cm³/mol. The number of aromatic nitrogens is 1. The molecular formula is C14H12N4O2. The second-order valence-electron chi connectivity index (χ2n) is 4.22. The van der Waals surface area contributed by atoms with Crippen molar-refractivity contribution < 1.29 is 4.92 Å². The number of para-hydroxylation sites is 1. The molecule has 6 nitrogen and oxygen atoms in total. The SMILES string of the molecule is Cc1nc(N(C)c2ccccc2C#N)ccc1[N+](=O)[O-]. The first-order chi connectivity index (χ1) is 9.54. The maximum atomic E-state index is 10.8. The lowest BCUT2D eigenvalue weighted by Crippen LogP contribution is -2.13. The molecule has 0 spiro atoms. The number of aryl methyl sites for hydroxylation is 1. The summed E-state index contributed by atoms with van der Waals surface area (Å²) >= 11 is 0. The summed E-state index contributed by atoms with van der Waals surface area (Å²) in [4.78, 5) is 16.3. The van der Waals surface area contributed by atoms with Crippen LogP contribution in [0.3, 0.4) is 0 Å². The molecule has 0 saturated carbocycles. The van der Waals surface area contributed by atoms with Crippen LogP contribution < -0.4 is 4.90 Å². The van der Waals surface area contributed by atoms with Crippen molar-refractivity contribution in [2.45, 2.75) is 6.92 Å². The third-order valence-corrected chi connectivity index (χ3v) is 2.97. The Morgan fingerprint density at radius 1 is 1.30 bits per heavy atom. The average Bonchev–Trinajstić information content (AvgIpc) is 2.45. The predicted octanol–water partition coefficient (Wildman–Crippen LogP) is 2.94. The van der Waals surface area contributed by atoms with Crippen LogP contribution in [0.25, 0.3) is 0 Å². The quantitative estimate of drug-likeness (QED) is 0.631. The second-order valence-corrected chi connectivity index (χ2v) is 4.22. The molecule has 2 rings (SSSR count). The van der Waals surface area contributed by atoms with E-state index in [1.807, 2.05) is 6.07 Å². The zero-order chi connectivity index (χ0) is 14.7. The standard InChI is InChI=1S/C14H12N4O2/c1-10-12(18(19)20)7-8-14(16-10)17(2)13-6-4-3-5-11(13)9-15/h3-8H,1-2H3. The molecular weight excluding hydrogens is 256 g/mol. The molecule has 0 atom stereocenters. The maximum Gasteiger partial charge on any atom is 0.290 e. The number of hydrogen-bond donors (Lipinski definition) is 0. The molecule has 0 radical (unpaired) electrons. The van der Waals surface area contributed by atoms with Crippen molar-refractivity contribution in [2.24, 2.45) is 0 Å². The van der Waals surface area contributed by atoms with Crippen molar-refractivity contribution in [1.29, 1.82) is 5.26 Å². The second kappa shape index (κ2) is 5.36. The molecule has 1 aromatic carbocycles. The molecule has 0 amide bonds. The average molecular weight is 268 g/mol. The van der Waals surface area contributed by atoms with Crippen molar-refractivity contribution >= 4 is 17.2 Å². The van der Waals surface area contributed by atoms with Crippen LogP contribution in [0.15, 0.2) is 36.4 Å². The monoisotopic (exact) mass is 268 g/mol. The van der Waals surface area contributed by atoms with Crippen LogP contribution in [0.4, 0.5) is 17.2 Å². The summed E-state index contributed by atoms with van der Waals surface area (Å²) in [5.41, 5.74) is 1.55. The van der Waals surface area contributed by atoms with Gasteiger partial charge in [0.05, 0.1) is 16.2 Å². The number of rotatable bonds is 3. The van der Waals surface area contributed by atoms with Gasteiger partial charge in [0, 0.05) is 13.1 Å². The van der Waals surface area contributed by atoms with Gasteiger partial charge in [-0.2, -0.15) is 5.26 Å². The van der Waals surface area contributed by atoms with Gasteiger partial charge in [-0.05, 0) is 25.1 Å². The lowest BCUT2D eigenvalue weighted by atomic mass is 10.2. The molecule has 2 aromatic rings. The summed E-state index contributed by atoms with van der Waals surface area (Å²) in [6.07, 6.45) is 0. The highest BCUT2D eigenvalue weighted by atomic mass is 16.6. The zero-order valence-electron chi connectivity index (χ0n) is 11.1. The van der Waals surface area contributed by atoms with E-state index in [4.69, 9.17) is 5.26 Å². The number of nitro groups is 1. The molecule has 0 fully saturated rings. The normalized spacial score (nSPS) is 9.85. The minimum Gasteiger partial charge on any atom is -0.328 e. The summed E-state index contributed by atoms with van der Waals surface area (Å²) in [5, 5.41) is 19.9. The first kappa shape index (κ1) is 13.5. The van der Waals surface area contributed by atoms with E-state index < -0.39 is 4.92 Å². The van der Waals surface area contributed by atoms with Gasteiger partial charge in [0.25, 0.3) is 5.69 Å². The van der Waals surface area contributed by atoms with Crippen molar-refractivity contribution in [2.75, 3.05) is 11.9 Å². The van der Waals surface area contributed by atoms with Gasteiger partial charge in [-0.15, -0.1) is 0 Å². The van der Waals surface area contributed by atoms with E-state index in [0.717, 1.165) is 0 Å². The van der Waals surface area contributed by atoms with Gasteiger partial charge in [-0.3, -0.25) is 10.1 Å². The van der Waals surface area contributed by atoms with Crippen LogP contribution in [-0.4, -0.2) is 17.0 Å². The number of pyridine rings is 1. The van der Waals surface area contributed by atoms with Crippen molar-refractivity contribution in [3.63, 3.8) is 0 Å². The van der Waals surface area contributed by atoms with Gasteiger partial charge in [0.15, 0.2) is 0 Å². The number of anilines is 2. The van der Waals surface area contributed by atoms with Crippen LogP contribution in [-0.2, 0) is 0 Å². The molecule has 0 bridgehead atoms. The van der Waals surface area contributed by atoms with Gasteiger partial charge in [0.2, 0.25) is 0 Å². The van der Waals surface area contributed by atoms with E-state index in [9.17, 15) is 10.1 Å².